The lowest BCUT2D eigenvalue weighted by molar-refractivity contribution is -0.121. The maximum atomic E-state index is 13.6. The van der Waals surface area contributed by atoms with Crippen LogP contribution < -0.4 is 10.2 Å². The second-order valence-corrected chi connectivity index (χ2v) is 7.89. The van der Waals surface area contributed by atoms with Gasteiger partial charge in [0.1, 0.15) is 5.70 Å². The summed E-state index contributed by atoms with van der Waals surface area (Å²) in [5.41, 5.74) is 3.16. The van der Waals surface area contributed by atoms with Gasteiger partial charge in [-0.3, -0.25) is 14.4 Å². The van der Waals surface area contributed by atoms with Gasteiger partial charge < -0.3 is 15.0 Å². The van der Waals surface area contributed by atoms with Crippen molar-refractivity contribution >= 4 is 46.3 Å². The van der Waals surface area contributed by atoms with Crippen molar-refractivity contribution in [2.75, 3.05) is 36.5 Å². The Kier molecular flexibility index (Phi) is 5.80. The van der Waals surface area contributed by atoms with E-state index in [1.807, 2.05) is 11.8 Å². The van der Waals surface area contributed by atoms with Crippen LogP contribution in [0.15, 0.2) is 48.2 Å². The number of nitrogens with zero attached hydrogens (tertiary/aromatic N) is 2. The minimum absolute atomic E-state index is 0.185. The molecule has 2 heterocycles. The zero-order valence-electron chi connectivity index (χ0n) is 17.3. The van der Waals surface area contributed by atoms with Crippen LogP contribution in [0.5, 0.6) is 0 Å². The van der Waals surface area contributed by atoms with E-state index < -0.39 is 5.91 Å². The second-order valence-electron chi connectivity index (χ2n) is 7.46. The van der Waals surface area contributed by atoms with Crippen LogP contribution in [0.25, 0.3) is 5.57 Å². The lowest BCUT2D eigenvalue weighted by Crippen LogP contribution is -2.40. The van der Waals surface area contributed by atoms with Crippen molar-refractivity contribution in [3.63, 3.8) is 0 Å². The Labute approximate surface area is 185 Å². The van der Waals surface area contributed by atoms with E-state index >= 15 is 0 Å². The maximum absolute atomic E-state index is 13.6. The van der Waals surface area contributed by atoms with Crippen molar-refractivity contribution in [2.24, 2.45) is 0 Å². The second kappa shape index (κ2) is 8.53. The Morgan fingerprint density at radius 2 is 1.71 bits per heavy atom. The molecule has 2 aliphatic heterocycles. The smallest absolute Gasteiger partial charge is 0.282 e. The van der Waals surface area contributed by atoms with Gasteiger partial charge in [-0.2, -0.15) is 0 Å². The lowest BCUT2D eigenvalue weighted by Gasteiger charge is -2.29. The Morgan fingerprint density at radius 3 is 2.35 bits per heavy atom. The Morgan fingerprint density at radius 1 is 1.03 bits per heavy atom. The molecule has 1 N–H and O–H groups in total. The Balaban J connectivity index is 1.80. The van der Waals surface area contributed by atoms with E-state index in [0.29, 0.717) is 59.5 Å². The van der Waals surface area contributed by atoms with Gasteiger partial charge >= 0.3 is 0 Å². The lowest BCUT2D eigenvalue weighted by atomic mass is 10.0. The molecule has 8 heteroatoms. The minimum atomic E-state index is -0.399. The fourth-order valence-corrected chi connectivity index (χ4v) is 3.99. The quantitative estimate of drug-likeness (QED) is 0.740. The van der Waals surface area contributed by atoms with Gasteiger partial charge in [0.2, 0.25) is 5.91 Å². The highest BCUT2D eigenvalue weighted by Gasteiger charge is 2.43. The predicted octanol–water partition coefficient (Wildman–Crippen LogP) is 3.22. The molecule has 0 unspecified atom stereocenters. The largest absolute Gasteiger partial charge is 0.378 e. The number of amides is 3. The number of aryl methyl sites for hydroxylation is 1. The molecule has 0 bridgehead atoms. The van der Waals surface area contributed by atoms with E-state index in [-0.39, 0.29) is 11.8 Å². The standard InChI is InChI=1S/C23H22ClN3O4/c1-14-3-6-17(24)13-19(14)27-22(29)20(16-4-7-18(8-5-16)25-15(2)28)21(23(27)30)26-9-11-31-12-10-26/h3-8,13H,9-12H2,1-2H3,(H,25,28). The number of rotatable bonds is 4. The molecule has 0 atom stereocenters. The van der Waals surface area contributed by atoms with Gasteiger partial charge in [0.05, 0.1) is 24.5 Å². The number of morpholine rings is 1. The van der Waals surface area contributed by atoms with Gasteiger partial charge in [0, 0.05) is 30.7 Å². The average molecular weight is 440 g/mol. The molecule has 160 valence electrons. The molecule has 0 aliphatic carbocycles. The summed E-state index contributed by atoms with van der Waals surface area (Å²) >= 11 is 6.16. The highest BCUT2D eigenvalue weighted by molar-refractivity contribution is 6.45. The molecule has 2 aliphatic rings. The SMILES string of the molecule is CC(=O)Nc1ccc(C2=C(N3CCOCC3)C(=O)N(c3cc(Cl)ccc3C)C2=O)cc1. The first-order valence-electron chi connectivity index (χ1n) is 9.96. The van der Waals surface area contributed by atoms with Crippen LogP contribution in [-0.4, -0.2) is 48.9 Å². The average Bonchev–Trinajstić information content (AvgIpc) is 3.01. The number of carbonyl (C=O) groups is 3. The summed E-state index contributed by atoms with van der Waals surface area (Å²) in [6, 6.07) is 12.0. The van der Waals surface area contributed by atoms with Crippen molar-refractivity contribution in [3.8, 4) is 0 Å². The number of ether oxygens (including phenoxy) is 1. The van der Waals surface area contributed by atoms with Gasteiger partial charge in [-0.15, -0.1) is 0 Å². The zero-order chi connectivity index (χ0) is 22.1. The third-order valence-electron chi connectivity index (χ3n) is 5.29. The molecule has 0 saturated carbocycles. The monoisotopic (exact) mass is 439 g/mol. The molecular formula is C23H22ClN3O4. The topological polar surface area (TPSA) is 79.0 Å². The minimum Gasteiger partial charge on any atom is -0.378 e. The highest BCUT2D eigenvalue weighted by atomic mass is 35.5. The summed E-state index contributed by atoms with van der Waals surface area (Å²) in [6.45, 7) is 5.26. The van der Waals surface area contributed by atoms with Crippen LogP contribution >= 0.6 is 11.6 Å². The van der Waals surface area contributed by atoms with Crippen LogP contribution in [0.2, 0.25) is 5.02 Å². The number of imide groups is 1. The number of halogens is 1. The van der Waals surface area contributed by atoms with Crippen molar-refractivity contribution < 1.29 is 19.1 Å². The number of hydrogen-bond donors (Lipinski definition) is 1. The van der Waals surface area contributed by atoms with Gasteiger partial charge in [-0.05, 0) is 42.3 Å². The number of nitrogens with one attached hydrogen (secondary N) is 1. The van der Waals surface area contributed by atoms with E-state index in [9.17, 15) is 14.4 Å². The van der Waals surface area contributed by atoms with Crippen molar-refractivity contribution in [2.45, 2.75) is 13.8 Å². The molecule has 2 aromatic carbocycles. The fourth-order valence-electron chi connectivity index (χ4n) is 3.82. The first kappa shape index (κ1) is 21.1. The summed E-state index contributed by atoms with van der Waals surface area (Å²) < 4.78 is 5.43. The summed E-state index contributed by atoms with van der Waals surface area (Å²) in [6.07, 6.45) is 0. The molecule has 1 saturated heterocycles. The van der Waals surface area contributed by atoms with Gasteiger partial charge in [0.15, 0.2) is 0 Å². The molecule has 2 aromatic rings. The van der Waals surface area contributed by atoms with E-state index in [1.165, 1.54) is 11.8 Å². The number of carbonyl (C=O) groups excluding carboxylic acids is 3. The highest BCUT2D eigenvalue weighted by Crippen LogP contribution is 2.37. The molecule has 0 aromatic heterocycles. The number of hydrogen-bond acceptors (Lipinski definition) is 5. The van der Waals surface area contributed by atoms with Crippen LogP contribution in [0.1, 0.15) is 18.1 Å². The third-order valence-corrected chi connectivity index (χ3v) is 5.53. The summed E-state index contributed by atoms with van der Waals surface area (Å²) in [5.74, 6) is -0.960. The van der Waals surface area contributed by atoms with Crippen LogP contribution in [0, 0.1) is 6.92 Å². The van der Waals surface area contributed by atoms with Gasteiger partial charge in [0.25, 0.3) is 11.8 Å². The van der Waals surface area contributed by atoms with Gasteiger partial charge in [-0.1, -0.05) is 29.8 Å². The van der Waals surface area contributed by atoms with Crippen molar-refractivity contribution in [3.05, 3.63) is 64.3 Å². The first-order valence-corrected chi connectivity index (χ1v) is 10.3. The number of anilines is 2. The molecule has 0 radical (unpaired) electrons. The molecular weight excluding hydrogens is 418 g/mol. The molecule has 1 fully saturated rings. The first-order chi connectivity index (χ1) is 14.9. The van der Waals surface area contributed by atoms with Crippen molar-refractivity contribution in [1.29, 1.82) is 0 Å². The van der Waals surface area contributed by atoms with Crippen molar-refractivity contribution in [1.82, 2.24) is 4.90 Å². The van der Waals surface area contributed by atoms with E-state index in [1.54, 1.807) is 42.5 Å². The van der Waals surface area contributed by atoms with Crippen LogP contribution in [0.3, 0.4) is 0 Å². The normalized spacial score (nSPS) is 16.9. The molecule has 4 rings (SSSR count). The number of benzene rings is 2. The molecule has 31 heavy (non-hydrogen) atoms. The summed E-state index contributed by atoms with van der Waals surface area (Å²) in [5, 5.41) is 3.15. The van der Waals surface area contributed by atoms with Crippen LogP contribution in [0.4, 0.5) is 11.4 Å². The van der Waals surface area contributed by atoms with E-state index in [2.05, 4.69) is 5.32 Å². The van der Waals surface area contributed by atoms with Crippen LogP contribution in [-0.2, 0) is 19.1 Å². The molecule has 0 spiro atoms. The molecule has 3 amide bonds. The van der Waals surface area contributed by atoms with Gasteiger partial charge in [-0.25, -0.2) is 4.90 Å². The Bertz CT molecular complexity index is 1090. The fraction of sp³-hybridized carbons (Fsp3) is 0.261. The Hall–Kier alpha value is -3.16. The zero-order valence-corrected chi connectivity index (χ0v) is 18.0. The summed E-state index contributed by atoms with van der Waals surface area (Å²) in [4.78, 5) is 41.5. The third kappa shape index (κ3) is 4.06. The maximum Gasteiger partial charge on any atom is 0.282 e. The predicted molar refractivity (Wildman–Crippen MR) is 119 cm³/mol. The molecule has 7 nitrogen and oxygen atoms in total. The van der Waals surface area contributed by atoms with E-state index in [4.69, 9.17) is 16.3 Å². The van der Waals surface area contributed by atoms with E-state index in [0.717, 1.165) is 5.56 Å². The summed E-state index contributed by atoms with van der Waals surface area (Å²) in [7, 11) is 0.